The number of carbonyl (C=O) groups is 6. The first-order valence-corrected chi connectivity index (χ1v) is 15.5. The second kappa shape index (κ2) is 17.2. The van der Waals surface area contributed by atoms with E-state index in [1.54, 1.807) is 6.92 Å². The smallest absolute Gasteiger partial charge is 0.407 e. The fourth-order valence-electron chi connectivity index (χ4n) is 5.44. The number of imidazole rings is 1. The highest BCUT2D eigenvalue weighted by atomic mass is 16.5. The molecule has 1 aromatic heterocycles. The maximum Gasteiger partial charge on any atom is 0.407 e. The molecule has 15 nitrogen and oxygen atoms in total. The molecule has 4 rings (SSSR count). The van der Waals surface area contributed by atoms with Gasteiger partial charge in [0.15, 0.2) is 0 Å². The van der Waals surface area contributed by atoms with E-state index in [9.17, 15) is 39.0 Å². The number of carboxylic acids is 2. The minimum absolute atomic E-state index is 0.0540. The quantitative estimate of drug-likeness (QED) is 0.0899. The molecule has 0 aliphatic heterocycles. The summed E-state index contributed by atoms with van der Waals surface area (Å²) in [5.41, 5.74) is 4.36. The van der Waals surface area contributed by atoms with Crippen LogP contribution in [0.2, 0.25) is 0 Å². The number of hydrogen-bond donors (Lipinski definition) is 6. The average Bonchev–Trinajstić information content (AvgIpc) is 3.70. The van der Waals surface area contributed by atoms with Gasteiger partial charge in [-0.25, -0.2) is 14.6 Å². The van der Waals surface area contributed by atoms with Crippen molar-refractivity contribution in [3.05, 3.63) is 90.0 Å². The van der Waals surface area contributed by atoms with Gasteiger partial charge in [-0.2, -0.15) is 0 Å². The molecule has 0 unspecified atom stereocenters. The Morgan fingerprint density at radius 2 is 1.53 bits per heavy atom. The van der Waals surface area contributed by atoms with Gasteiger partial charge in [-0.15, -0.1) is 0 Å². The van der Waals surface area contributed by atoms with E-state index in [1.165, 1.54) is 12.5 Å². The van der Waals surface area contributed by atoms with E-state index in [0.29, 0.717) is 5.69 Å². The third-order valence-electron chi connectivity index (χ3n) is 7.67. The molecule has 0 saturated carbocycles. The van der Waals surface area contributed by atoms with E-state index in [4.69, 9.17) is 9.47 Å². The van der Waals surface area contributed by atoms with Gasteiger partial charge < -0.3 is 40.6 Å². The Kier molecular flexibility index (Phi) is 12.6. The van der Waals surface area contributed by atoms with Crippen molar-refractivity contribution in [2.45, 2.75) is 56.7 Å². The lowest BCUT2D eigenvalue weighted by atomic mass is 9.98. The molecule has 0 bridgehead atoms. The molecule has 0 radical (unpaired) electrons. The summed E-state index contributed by atoms with van der Waals surface area (Å²) in [6.45, 7) is 1.63. The lowest BCUT2D eigenvalue weighted by Gasteiger charge is -2.24. The molecule has 258 valence electrons. The molecule has 0 spiro atoms. The number of aromatic nitrogens is 2. The molecule has 3 aromatic rings. The van der Waals surface area contributed by atoms with Gasteiger partial charge in [0.25, 0.3) is 0 Å². The molecule has 6 N–H and O–H groups in total. The first kappa shape index (κ1) is 35.9. The monoisotopic (exact) mass is 675 g/mol. The Labute approximate surface area is 281 Å². The highest BCUT2D eigenvalue weighted by Crippen LogP contribution is 2.44. The van der Waals surface area contributed by atoms with Crippen LogP contribution in [0.15, 0.2) is 73.2 Å². The standard InChI is InChI=1S/C34H37N5O10/c1-2-48-31(44)14-11-20(16-30(42)43)37-33(46)28(15-21-17-35-19-36-21)38-32(45)27(12-13-29(40)41)39-34(47)49-18-26-24-9-5-3-7-22(24)23-8-4-6-10-25(23)26/h3-11,14,17,19-20,26-28H,2,12-13,15-16,18H2,1H3,(H,35,36)(H,37,46)(H,38,45)(H,39,47)(H,40,41)(H,42,43)/b14-11+/t20-,27+,28-/m1/s1. The average molecular weight is 676 g/mol. The van der Waals surface area contributed by atoms with Gasteiger partial charge in [-0.3, -0.25) is 19.2 Å². The van der Waals surface area contributed by atoms with Crippen LogP contribution < -0.4 is 16.0 Å². The van der Waals surface area contributed by atoms with Crippen LogP contribution >= 0.6 is 0 Å². The van der Waals surface area contributed by atoms with Crippen molar-refractivity contribution in [2.75, 3.05) is 13.2 Å². The number of fused-ring (bicyclic) bond motifs is 3. The Morgan fingerprint density at radius 1 is 0.878 bits per heavy atom. The Bertz CT molecular complexity index is 1640. The second-order valence-electron chi connectivity index (χ2n) is 11.1. The topological polar surface area (TPSA) is 226 Å². The number of nitrogens with one attached hydrogen (secondary N) is 4. The van der Waals surface area contributed by atoms with Crippen LogP contribution in [0, 0.1) is 0 Å². The van der Waals surface area contributed by atoms with Crippen LogP contribution in [0.5, 0.6) is 0 Å². The van der Waals surface area contributed by atoms with Crippen molar-refractivity contribution in [3.63, 3.8) is 0 Å². The number of rotatable bonds is 17. The zero-order valence-corrected chi connectivity index (χ0v) is 26.6. The molecule has 0 fully saturated rings. The summed E-state index contributed by atoms with van der Waals surface area (Å²) in [4.78, 5) is 81.4. The largest absolute Gasteiger partial charge is 0.481 e. The summed E-state index contributed by atoms with van der Waals surface area (Å²) in [7, 11) is 0. The zero-order chi connectivity index (χ0) is 35.3. The fraction of sp³-hybridized carbons (Fsp3) is 0.324. The Morgan fingerprint density at radius 3 is 2.12 bits per heavy atom. The molecule has 3 amide bonds. The fourth-order valence-corrected chi connectivity index (χ4v) is 5.44. The summed E-state index contributed by atoms with van der Waals surface area (Å²) in [5.74, 6) is -5.20. The summed E-state index contributed by atoms with van der Waals surface area (Å²) >= 11 is 0. The third kappa shape index (κ3) is 10.2. The summed E-state index contributed by atoms with van der Waals surface area (Å²) in [6, 6.07) is 11.6. The van der Waals surface area contributed by atoms with E-state index in [0.717, 1.165) is 34.4 Å². The predicted molar refractivity (Wildman–Crippen MR) is 173 cm³/mol. The summed E-state index contributed by atoms with van der Waals surface area (Å²) in [6.07, 6.45) is 2.46. The van der Waals surface area contributed by atoms with Crippen molar-refractivity contribution in [3.8, 4) is 11.1 Å². The number of benzene rings is 2. The number of carbonyl (C=O) groups excluding carboxylic acids is 4. The molecule has 2 aromatic carbocycles. The van der Waals surface area contributed by atoms with Crippen LogP contribution in [0.3, 0.4) is 0 Å². The number of H-pyrrole nitrogens is 1. The van der Waals surface area contributed by atoms with Crippen LogP contribution in [-0.2, 0) is 39.9 Å². The van der Waals surface area contributed by atoms with Crippen molar-refractivity contribution in [1.82, 2.24) is 25.9 Å². The van der Waals surface area contributed by atoms with E-state index in [-0.39, 0.29) is 32.0 Å². The van der Waals surface area contributed by atoms with Crippen molar-refractivity contribution in [1.29, 1.82) is 0 Å². The molecule has 1 heterocycles. The molecule has 0 saturated heterocycles. The minimum Gasteiger partial charge on any atom is -0.481 e. The Hall–Kier alpha value is -5.99. The number of hydrogen-bond acceptors (Lipinski definition) is 9. The lowest BCUT2D eigenvalue weighted by Crippen LogP contribution is -2.55. The normalized spacial score (nSPS) is 13.7. The number of ether oxygens (including phenoxy) is 2. The minimum atomic E-state index is -1.42. The van der Waals surface area contributed by atoms with Gasteiger partial charge in [-0.05, 0) is 35.6 Å². The first-order chi connectivity index (χ1) is 23.5. The molecule has 15 heteroatoms. The highest BCUT2D eigenvalue weighted by molar-refractivity contribution is 5.92. The first-order valence-electron chi connectivity index (χ1n) is 15.5. The molecule has 1 aliphatic rings. The van der Waals surface area contributed by atoms with Gasteiger partial charge >= 0.3 is 24.0 Å². The van der Waals surface area contributed by atoms with Crippen LogP contribution in [-0.4, -0.2) is 87.3 Å². The van der Waals surface area contributed by atoms with E-state index >= 15 is 0 Å². The molecule has 1 aliphatic carbocycles. The van der Waals surface area contributed by atoms with E-state index < -0.39 is 66.8 Å². The third-order valence-corrected chi connectivity index (χ3v) is 7.67. The van der Waals surface area contributed by atoms with Gasteiger partial charge in [0.2, 0.25) is 11.8 Å². The maximum atomic E-state index is 13.5. The van der Waals surface area contributed by atoms with Crippen LogP contribution in [0.1, 0.15) is 48.9 Å². The lowest BCUT2D eigenvalue weighted by molar-refractivity contribution is -0.139. The number of aliphatic carboxylic acids is 2. The zero-order valence-electron chi connectivity index (χ0n) is 26.6. The van der Waals surface area contributed by atoms with Gasteiger partial charge in [-0.1, -0.05) is 54.6 Å². The van der Waals surface area contributed by atoms with Crippen LogP contribution in [0.4, 0.5) is 4.79 Å². The van der Waals surface area contributed by atoms with E-state index in [2.05, 4.69) is 25.9 Å². The van der Waals surface area contributed by atoms with Gasteiger partial charge in [0.05, 0.1) is 31.1 Å². The predicted octanol–water partition coefficient (Wildman–Crippen LogP) is 2.29. The van der Waals surface area contributed by atoms with Crippen molar-refractivity contribution < 1.29 is 48.5 Å². The van der Waals surface area contributed by atoms with E-state index in [1.807, 2.05) is 48.5 Å². The van der Waals surface area contributed by atoms with Crippen molar-refractivity contribution in [2.24, 2.45) is 0 Å². The summed E-state index contributed by atoms with van der Waals surface area (Å²) < 4.78 is 10.4. The Balaban J connectivity index is 1.47. The second-order valence-corrected chi connectivity index (χ2v) is 11.1. The van der Waals surface area contributed by atoms with Crippen LogP contribution in [0.25, 0.3) is 11.1 Å². The van der Waals surface area contributed by atoms with Gasteiger partial charge in [0.1, 0.15) is 18.7 Å². The summed E-state index contributed by atoms with van der Waals surface area (Å²) in [5, 5.41) is 26.1. The number of carboxylic acid groups (broad SMARTS) is 2. The maximum absolute atomic E-state index is 13.5. The highest BCUT2D eigenvalue weighted by Gasteiger charge is 2.32. The SMILES string of the molecule is CCOC(=O)/C=C/[C@H](CC(=O)O)NC(=O)[C@@H](Cc1c[nH]cn1)NC(=O)[C@H](CCC(=O)O)NC(=O)OCC1c2ccccc2-c2ccccc21. The molecule has 3 atom stereocenters. The molecular formula is C34H37N5O10. The molecule has 49 heavy (non-hydrogen) atoms. The van der Waals surface area contributed by atoms with Gasteiger partial charge in [0, 0.05) is 31.0 Å². The number of amides is 3. The molecular weight excluding hydrogens is 638 g/mol. The number of alkyl carbamates (subject to hydrolysis) is 1. The number of aromatic amines is 1. The van der Waals surface area contributed by atoms with Crippen molar-refractivity contribution >= 4 is 35.8 Å². The number of nitrogens with zero attached hydrogens (tertiary/aromatic N) is 1. The number of esters is 1.